The van der Waals surface area contributed by atoms with Gasteiger partial charge in [0.2, 0.25) is 0 Å². The van der Waals surface area contributed by atoms with Gasteiger partial charge in [0, 0.05) is 32.2 Å². The van der Waals surface area contributed by atoms with Gasteiger partial charge in [-0.15, -0.1) is 0 Å². The molecule has 0 spiro atoms. The van der Waals surface area contributed by atoms with Crippen LogP contribution in [0.5, 0.6) is 5.75 Å². The third-order valence-electron chi connectivity index (χ3n) is 5.81. The van der Waals surface area contributed by atoms with Gasteiger partial charge >= 0.3 is 0 Å². The van der Waals surface area contributed by atoms with Crippen LogP contribution in [0, 0.1) is 0 Å². The summed E-state index contributed by atoms with van der Waals surface area (Å²) in [6.45, 7) is 19.8. The largest absolute Gasteiger partial charge is 0.507 e. The van der Waals surface area contributed by atoms with E-state index in [2.05, 4.69) is 70.8 Å². The van der Waals surface area contributed by atoms with Crippen LogP contribution in [0.25, 0.3) is 0 Å². The number of hydrogen-bond donors (Lipinski definition) is 2. The van der Waals surface area contributed by atoms with Crippen LogP contribution in [0.15, 0.2) is 12.1 Å². The van der Waals surface area contributed by atoms with Crippen LogP contribution in [-0.4, -0.2) is 36.2 Å². The minimum Gasteiger partial charge on any atom is -0.507 e. The zero-order valence-corrected chi connectivity index (χ0v) is 18.8. The molecular formula is C24H42N2O. The number of rotatable bonds is 6. The molecule has 1 aromatic carbocycles. The summed E-state index contributed by atoms with van der Waals surface area (Å²) in [5, 5.41) is 14.6. The SMILES string of the molecule is CCCCC[C@H](c1cc(C(C)(C)C)c(O)c(C(C)(C)C)c1)N1CCNCC1. The van der Waals surface area contributed by atoms with Crippen LogP contribution in [0.4, 0.5) is 0 Å². The third-order valence-corrected chi connectivity index (χ3v) is 5.81. The molecule has 0 aromatic heterocycles. The Kier molecular flexibility index (Phi) is 7.38. The first-order valence-electron chi connectivity index (χ1n) is 10.9. The molecule has 0 amide bonds. The Morgan fingerprint density at radius 2 is 1.48 bits per heavy atom. The van der Waals surface area contributed by atoms with Gasteiger partial charge in [0.15, 0.2) is 0 Å². The van der Waals surface area contributed by atoms with Gasteiger partial charge in [-0.3, -0.25) is 4.90 Å². The molecule has 1 atom stereocenters. The van der Waals surface area contributed by atoms with Gasteiger partial charge in [-0.05, 0) is 46.1 Å². The fourth-order valence-electron chi connectivity index (χ4n) is 4.13. The highest BCUT2D eigenvalue weighted by Crippen LogP contribution is 2.42. The van der Waals surface area contributed by atoms with E-state index in [4.69, 9.17) is 0 Å². The molecule has 1 saturated heterocycles. The Morgan fingerprint density at radius 3 is 1.93 bits per heavy atom. The van der Waals surface area contributed by atoms with Gasteiger partial charge in [0.25, 0.3) is 0 Å². The second-order valence-electron chi connectivity index (χ2n) is 10.3. The van der Waals surface area contributed by atoms with Gasteiger partial charge in [-0.2, -0.15) is 0 Å². The number of unbranched alkanes of at least 4 members (excludes halogenated alkanes) is 2. The molecule has 27 heavy (non-hydrogen) atoms. The first-order valence-corrected chi connectivity index (χ1v) is 10.9. The molecule has 0 aliphatic carbocycles. The maximum Gasteiger partial charge on any atom is 0.123 e. The number of phenols is 1. The first-order chi connectivity index (χ1) is 12.6. The van der Waals surface area contributed by atoms with Gasteiger partial charge in [-0.25, -0.2) is 0 Å². The van der Waals surface area contributed by atoms with Crippen LogP contribution in [0.3, 0.4) is 0 Å². The van der Waals surface area contributed by atoms with Crippen LogP contribution >= 0.6 is 0 Å². The molecule has 1 fully saturated rings. The fourth-order valence-corrected chi connectivity index (χ4v) is 4.13. The zero-order chi connectivity index (χ0) is 20.2. The predicted molar refractivity (Wildman–Crippen MR) is 117 cm³/mol. The number of benzene rings is 1. The average Bonchev–Trinajstić information content (AvgIpc) is 2.58. The summed E-state index contributed by atoms with van der Waals surface area (Å²) in [5.74, 6) is 0.492. The van der Waals surface area contributed by atoms with Crippen LogP contribution in [-0.2, 0) is 10.8 Å². The smallest absolute Gasteiger partial charge is 0.123 e. The zero-order valence-electron chi connectivity index (χ0n) is 18.8. The van der Waals surface area contributed by atoms with Crippen molar-refractivity contribution in [2.75, 3.05) is 26.2 Å². The van der Waals surface area contributed by atoms with E-state index in [9.17, 15) is 5.11 Å². The van der Waals surface area contributed by atoms with E-state index < -0.39 is 0 Å². The Balaban J connectivity index is 2.52. The van der Waals surface area contributed by atoms with Crippen LogP contribution in [0.2, 0.25) is 0 Å². The molecule has 3 nitrogen and oxygen atoms in total. The maximum atomic E-state index is 11.1. The normalized spacial score (nSPS) is 17.9. The maximum absolute atomic E-state index is 11.1. The number of aromatic hydroxyl groups is 1. The molecule has 1 aliphatic rings. The van der Waals surface area contributed by atoms with Crippen molar-refractivity contribution < 1.29 is 5.11 Å². The monoisotopic (exact) mass is 374 g/mol. The average molecular weight is 375 g/mol. The lowest BCUT2D eigenvalue weighted by molar-refractivity contribution is 0.162. The highest BCUT2D eigenvalue weighted by atomic mass is 16.3. The molecule has 3 heteroatoms. The van der Waals surface area contributed by atoms with Crippen LogP contribution < -0.4 is 5.32 Å². The van der Waals surface area contributed by atoms with Crippen molar-refractivity contribution >= 4 is 0 Å². The molecule has 0 unspecified atom stereocenters. The molecule has 0 bridgehead atoms. The lowest BCUT2D eigenvalue weighted by Gasteiger charge is -2.37. The summed E-state index contributed by atoms with van der Waals surface area (Å²) in [4.78, 5) is 2.65. The van der Waals surface area contributed by atoms with E-state index in [1.807, 2.05) is 0 Å². The summed E-state index contributed by atoms with van der Waals surface area (Å²) < 4.78 is 0. The third kappa shape index (κ3) is 5.71. The van der Waals surface area contributed by atoms with E-state index in [0.717, 1.165) is 37.3 Å². The summed E-state index contributed by atoms with van der Waals surface area (Å²) in [6, 6.07) is 5.04. The van der Waals surface area contributed by atoms with Gasteiger partial charge in [-0.1, -0.05) is 67.7 Å². The van der Waals surface area contributed by atoms with Gasteiger partial charge in [0.1, 0.15) is 5.75 Å². The van der Waals surface area contributed by atoms with Crippen LogP contribution in [0.1, 0.15) is 96.9 Å². The summed E-state index contributed by atoms with van der Waals surface area (Å²) in [7, 11) is 0. The van der Waals surface area contributed by atoms with Crippen molar-refractivity contribution in [2.45, 2.75) is 91.0 Å². The second-order valence-corrected chi connectivity index (χ2v) is 10.3. The standard InChI is InChI=1S/C24H42N2O/c1-8-9-10-11-21(26-14-12-25-13-15-26)18-16-19(23(2,3)4)22(27)20(17-18)24(5,6)7/h16-17,21,25,27H,8-15H2,1-7H3/t21-/m1/s1. The van der Waals surface area contributed by atoms with E-state index in [1.165, 1.54) is 31.2 Å². The summed E-state index contributed by atoms with van der Waals surface area (Å²) in [6.07, 6.45) is 5.01. The number of phenolic OH excluding ortho intramolecular Hbond substituents is 1. The molecule has 0 saturated carbocycles. The Labute approximate surface area is 167 Å². The molecule has 2 rings (SSSR count). The number of hydrogen-bond acceptors (Lipinski definition) is 3. The fraction of sp³-hybridized carbons (Fsp3) is 0.750. The highest BCUT2D eigenvalue weighted by Gasteiger charge is 2.30. The molecule has 1 aliphatic heterocycles. The summed E-state index contributed by atoms with van der Waals surface area (Å²) in [5.41, 5.74) is 3.41. The number of piperazine rings is 1. The van der Waals surface area contributed by atoms with Crippen molar-refractivity contribution in [3.8, 4) is 5.75 Å². The van der Waals surface area contributed by atoms with E-state index in [-0.39, 0.29) is 10.8 Å². The lowest BCUT2D eigenvalue weighted by Crippen LogP contribution is -2.45. The molecule has 0 radical (unpaired) electrons. The number of nitrogens with zero attached hydrogens (tertiary/aromatic N) is 1. The first kappa shape index (κ1) is 22.2. The molecule has 154 valence electrons. The topological polar surface area (TPSA) is 35.5 Å². The Morgan fingerprint density at radius 1 is 0.963 bits per heavy atom. The molecule has 1 aromatic rings. The quantitative estimate of drug-likeness (QED) is 0.644. The minimum atomic E-state index is -0.0719. The lowest BCUT2D eigenvalue weighted by atomic mass is 9.77. The highest BCUT2D eigenvalue weighted by molar-refractivity contribution is 5.50. The Bertz CT molecular complexity index is 569. The van der Waals surface area contributed by atoms with E-state index in [0.29, 0.717) is 11.8 Å². The van der Waals surface area contributed by atoms with Gasteiger partial charge < -0.3 is 10.4 Å². The predicted octanol–water partition coefficient (Wildman–Crippen LogP) is 5.51. The molecule has 1 heterocycles. The molecule has 2 N–H and O–H groups in total. The van der Waals surface area contributed by atoms with E-state index >= 15 is 0 Å². The van der Waals surface area contributed by atoms with Crippen molar-refractivity contribution in [3.05, 3.63) is 28.8 Å². The number of nitrogens with one attached hydrogen (secondary N) is 1. The van der Waals surface area contributed by atoms with E-state index in [1.54, 1.807) is 0 Å². The van der Waals surface area contributed by atoms with Crippen molar-refractivity contribution in [1.29, 1.82) is 0 Å². The molecular weight excluding hydrogens is 332 g/mol. The Hall–Kier alpha value is -1.06. The van der Waals surface area contributed by atoms with Crippen molar-refractivity contribution in [1.82, 2.24) is 10.2 Å². The van der Waals surface area contributed by atoms with Crippen molar-refractivity contribution in [3.63, 3.8) is 0 Å². The minimum absolute atomic E-state index is 0.0719. The summed E-state index contributed by atoms with van der Waals surface area (Å²) >= 11 is 0. The van der Waals surface area contributed by atoms with Gasteiger partial charge in [0.05, 0.1) is 0 Å². The van der Waals surface area contributed by atoms with Crippen molar-refractivity contribution in [2.24, 2.45) is 0 Å². The second kappa shape index (κ2) is 8.96.